The number of nitrogens with zero attached hydrogens (tertiary/aromatic N) is 1. The van der Waals surface area contributed by atoms with Gasteiger partial charge in [-0.3, -0.25) is 0 Å². The number of rotatable bonds is 2. The molecule has 1 unspecified atom stereocenters. The van der Waals surface area contributed by atoms with E-state index >= 15 is 0 Å². The van der Waals surface area contributed by atoms with Crippen LogP contribution >= 0.6 is 11.6 Å². The Bertz CT molecular complexity index is 426. The van der Waals surface area contributed by atoms with Gasteiger partial charge >= 0.3 is 0 Å². The Labute approximate surface area is 114 Å². The third kappa shape index (κ3) is 2.73. The smallest absolute Gasteiger partial charge is 0.0656 e. The maximum absolute atomic E-state index is 9.61. The number of nitrogen functional groups attached to an aromatic ring is 1. The normalized spacial score (nSPS) is 19.0. The van der Waals surface area contributed by atoms with E-state index < -0.39 is 0 Å². The predicted octanol–water partition coefficient (Wildman–Crippen LogP) is 2.83. The lowest BCUT2D eigenvalue weighted by molar-refractivity contribution is 0.110. The molecule has 0 spiro atoms. The molecule has 18 heavy (non-hydrogen) atoms. The molecule has 1 aliphatic heterocycles. The summed E-state index contributed by atoms with van der Waals surface area (Å²) >= 11 is 6.09. The third-order valence-electron chi connectivity index (χ3n) is 3.88. The van der Waals surface area contributed by atoms with Crippen LogP contribution in [-0.2, 0) is 0 Å². The molecule has 1 fully saturated rings. The van der Waals surface area contributed by atoms with Gasteiger partial charge in [-0.25, -0.2) is 0 Å². The van der Waals surface area contributed by atoms with Crippen LogP contribution in [0, 0.1) is 12.8 Å². The van der Waals surface area contributed by atoms with Crippen molar-refractivity contribution in [3.63, 3.8) is 0 Å². The lowest BCUT2D eigenvalue weighted by Gasteiger charge is -2.35. The maximum atomic E-state index is 9.61. The molecule has 0 amide bonds. The van der Waals surface area contributed by atoms with Crippen LogP contribution in [0.2, 0.25) is 5.02 Å². The third-order valence-corrected chi connectivity index (χ3v) is 4.21. The van der Waals surface area contributed by atoms with Crippen LogP contribution in [0.15, 0.2) is 12.1 Å². The predicted molar refractivity (Wildman–Crippen MR) is 77.2 cm³/mol. The number of hydrogen-bond donors (Lipinski definition) is 2. The fourth-order valence-corrected chi connectivity index (χ4v) is 2.81. The zero-order chi connectivity index (χ0) is 13.3. The lowest BCUT2D eigenvalue weighted by atomic mass is 9.91. The zero-order valence-corrected chi connectivity index (χ0v) is 11.7. The molecule has 0 bridgehead atoms. The first-order valence-electron chi connectivity index (χ1n) is 6.47. The van der Waals surface area contributed by atoms with Crippen LogP contribution in [0.1, 0.15) is 25.3 Å². The summed E-state index contributed by atoms with van der Waals surface area (Å²) in [4.78, 5) is 2.33. The number of hydrogen-bond acceptors (Lipinski definition) is 3. The van der Waals surface area contributed by atoms with E-state index in [4.69, 9.17) is 17.3 Å². The van der Waals surface area contributed by atoms with E-state index in [2.05, 4.69) is 11.8 Å². The molecule has 1 heterocycles. The Morgan fingerprint density at radius 1 is 1.39 bits per heavy atom. The number of aryl methyl sites for hydroxylation is 1. The molecular formula is C14H21ClN2O. The highest BCUT2D eigenvalue weighted by Gasteiger charge is 2.23. The first kappa shape index (κ1) is 13.5. The van der Waals surface area contributed by atoms with Gasteiger partial charge in [-0.15, -0.1) is 0 Å². The number of halogens is 1. The SMILES string of the molecule is Cc1cc(N)c(Cl)cc1N1CCC(C(C)O)CC1. The monoisotopic (exact) mass is 268 g/mol. The number of aliphatic hydroxyl groups excluding tert-OH is 1. The Hall–Kier alpha value is -0.930. The average molecular weight is 269 g/mol. The number of anilines is 2. The first-order valence-corrected chi connectivity index (χ1v) is 6.85. The van der Waals surface area contributed by atoms with Crippen molar-refractivity contribution in [2.45, 2.75) is 32.8 Å². The molecule has 3 nitrogen and oxygen atoms in total. The van der Waals surface area contributed by atoms with Gasteiger partial charge in [0.1, 0.15) is 0 Å². The van der Waals surface area contributed by atoms with Gasteiger partial charge in [-0.05, 0) is 50.3 Å². The Kier molecular flexibility index (Phi) is 4.03. The summed E-state index contributed by atoms with van der Waals surface area (Å²) in [6, 6.07) is 3.88. The first-order chi connectivity index (χ1) is 8.49. The standard InChI is InChI=1S/C14H21ClN2O/c1-9-7-13(16)12(15)8-14(9)17-5-3-11(4-6-17)10(2)18/h7-8,10-11,18H,3-6,16H2,1-2H3. The molecule has 1 aromatic carbocycles. The molecule has 2 rings (SSSR count). The van der Waals surface area contributed by atoms with E-state index in [1.54, 1.807) is 0 Å². The minimum absolute atomic E-state index is 0.205. The Morgan fingerprint density at radius 2 is 2.00 bits per heavy atom. The van der Waals surface area contributed by atoms with Crippen LogP contribution in [-0.4, -0.2) is 24.3 Å². The van der Waals surface area contributed by atoms with Crippen molar-refractivity contribution in [1.82, 2.24) is 0 Å². The molecule has 0 aromatic heterocycles. The second-order valence-corrected chi connectivity index (χ2v) is 5.63. The van der Waals surface area contributed by atoms with Gasteiger partial charge in [0, 0.05) is 18.8 Å². The second kappa shape index (κ2) is 5.37. The van der Waals surface area contributed by atoms with Gasteiger partial charge < -0.3 is 15.7 Å². The second-order valence-electron chi connectivity index (χ2n) is 5.23. The van der Waals surface area contributed by atoms with Crippen LogP contribution in [0.4, 0.5) is 11.4 Å². The zero-order valence-electron chi connectivity index (χ0n) is 11.0. The van der Waals surface area contributed by atoms with Crippen molar-refractivity contribution in [1.29, 1.82) is 0 Å². The minimum atomic E-state index is -0.205. The van der Waals surface area contributed by atoms with E-state index in [0.717, 1.165) is 31.5 Å². The van der Waals surface area contributed by atoms with Gasteiger partial charge in [0.05, 0.1) is 16.8 Å². The fourth-order valence-electron chi connectivity index (χ4n) is 2.66. The molecule has 4 heteroatoms. The Morgan fingerprint density at radius 3 is 2.56 bits per heavy atom. The van der Waals surface area contributed by atoms with Gasteiger partial charge in [-0.2, -0.15) is 0 Å². The van der Waals surface area contributed by atoms with E-state index in [0.29, 0.717) is 16.6 Å². The van der Waals surface area contributed by atoms with Crippen molar-refractivity contribution >= 4 is 23.0 Å². The van der Waals surface area contributed by atoms with Gasteiger partial charge in [0.25, 0.3) is 0 Å². The largest absolute Gasteiger partial charge is 0.398 e. The highest BCUT2D eigenvalue weighted by molar-refractivity contribution is 6.33. The average Bonchev–Trinajstić information content (AvgIpc) is 2.34. The van der Waals surface area contributed by atoms with Crippen molar-refractivity contribution < 1.29 is 5.11 Å². The number of nitrogens with two attached hydrogens (primary N) is 1. The fraction of sp³-hybridized carbons (Fsp3) is 0.571. The summed E-state index contributed by atoms with van der Waals surface area (Å²) in [6.45, 7) is 5.88. The molecule has 1 aromatic rings. The summed E-state index contributed by atoms with van der Waals surface area (Å²) in [6.07, 6.45) is 1.85. The highest BCUT2D eigenvalue weighted by atomic mass is 35.5. The quantitative estimate of drug-likeness (QED) is 0.811. The molecule has 100 valence electrons. The summed E-state index contributed by atoms with van der Waals surface area (Å²) in [5, 5.41) is 10.2. The minimum Gasteiger partial charge on any atom is -0.398 e. The molecule has 0 aliphatic carbocycles. The summed E-state index contributed by atoms with van der Waals surface area (Å²) in [5.41, 5.74) is 8.76. The molecule has 0 radical (unpaired) electrons. The molecular weight excluding hydrogens is 248 g/mol. The number of aliphatic hydroxyl groups is 1. The molecule has 1 atom stereocenters. The molecule has 1 saturated heterocycles. The van der Waals surface area contributed by atoms with Crippen LogP contribution < -0.4 is 10.6 Å². The topological polar surface area (TPSA) is 49.5 Å². The molecule has 3 N–H and O–H groups in total. The van der Waals surface area contributed by atoms with Crippen LogP contribution in [0.3, 0.4) is 0 Å². The molecule has 0 saturated carbocycles. The maximum Gasteiger partial charge on any atom is 0.0656 e. The molecule has 1 aliphatic rings. The van der Waals surface area contributed by atoms with Gasteiger partial charge in [0.15, 0.2) is 0 Å². The van der Waals surface area contributed by atoms with Crippen LogP contribution in [0.5, 0.6) is 0 Å². The highest BCUT2D eigenvalue weighted by Crippen LogP contribution is 2.32. The van der Waals surface area contributed by atoms with Crippen molar-refractivity contribution in [2.24, 2.45) is 5.92 Å². The van der Waals surface area contributed by atoms with E-state index in [1.807, 2.05) is 19.1 Å². The Balaban J connectivity index is 2.12. The van der Waals surface area contributed by atoms with Gasteiger partial charge in [0.2, 0.25) is 0 Å². The van der Waals surface area contributed by atoms with Crippen molar-refractivity contribution in [2.75, 3.05) is 23.7 Å². The van der Waals surface area contributed by atoms with E-state index in [9.17, 15) is 5.11 Å². The van der Waals surface area contributed by atoms with E-state index in [-0.39, 0.29) is 6.10 Å². The summed E-state index contributed by atoms with van der Waals surface area (Å²) in [5.74, 6) is 0.422. The summed E-state index contributed by atoms with van der Waals surface area (Å²) in [7, 11) is 0. The number of piperidine rings is 1. The van der Waals surface area contributed by atoms with Crippen LogP contribution in [0.25, 0.3) is 0 Å². The van der Waals surface area contributed by atoms with E-state index in [1.165, 1.54) is 5.69 Å². The summed E-state index contributed by atoms with van der Waals surface area (Å²) < 4.78 is 0. The number of benzene rings is 1. The lowest BCUT2D eigenvalue weighted by Crippen LogP contribution is -2.37. The van der Waals surface area contributed by atoms with Gasteiger partial charge in [-0.1, -0.05) is 11.6 Å². The van der Waals surface area contributed by atoms with Crippen molar-refractivity contribution in [3.05, 3.63) is 22.7 Å². The van der Waals surface area contributed by atoms with Crippen molar-refractivity contribution in [3.8, 4) is 0 Å².